The number of hydrogen-bond acceptors (Lipinski definition) is 4. The van der Waals surface area contributed by atoms with Gasteiger partial charge >= 0.3 is 0 Å². The minimum Gasteiger partial charge on any atom is -0.496 e. The molecule has 0 saturated carbocycles. The average molecular weight is 376 g/mol. The number of carbonyl (C=O) groups excluding carboxylic acids is 2. The average Bonchev–Trinajstić information content (AvgIpc) is 2.58. The Balaban J connectivity index is 1.95. The van der Waals surface area contributed by atoms with Gasteiger partial charge in [0.2, 0.25) is 0 Å². The van der Waals surface area contributed by atoms with Gasteiger partial charge < -0.3 is 4.74 Å². The van der Waals surface area contributed by atoms with Crippen LogP contribution in [-0.4, -0.2) is 23.9 Å². The molecule has 0 bridgehead atoms. The molecule has 0 spiro atoms. The van der Waals surface area contributed by atoms with Gasteiger partial charge in [0.05, 0.1) is 12.7 Å². The first kappa shape index (κ1) is 16.7. The van der Waals surface area contributed by atoms with Gasteiger partial charge in [0.25, 0.3) is 11.8 Å². The fourth-order valence-electron chi connectivity index (χ4n) is 1.73. The summed E-state index contributed by atoms with van der Waals surface area (Å²) in [4.78, 5) is 27.3. The Hall–Kier alpha value is -2.67. The van der Waals surface area contributed by atoms with Crippen molar-refractivity contribution in [3.05, 3.63) is 64.4 Å². The number of hydrazine groups is 1. The number of benzene rings is 1. The Labute approximate surface area is 141 Å². The van der Waals surface area contributed by atoms with Gasteiger partial charge in [0.1, 0.15) is 5.75 Å². The van der Waals surface area contributed by atoms with Crippen LogP contribution < -0.4 is 15.6 Å². The third-order valence-electron chi connectivity index (χ3n) is 2.83. The van der Waals surface area contributed by atoms with Crippen LogP contribution in [0.25, 0.3) is 6.08 Å². The lowest BCUT2D eigenvalue weighted by Crippen LogP contribution is -2.40. The monoisotopic (exact) mass is 375 g/mol. The molecular weight excluding hydrogens is 362 g/mol. The van der Waals surface area contributed by atoms with Crippen LogP contribution in [0.1, 0.15) is 15.9 Å². The molecule has 2 amide bonds. The number of hydrogen-bond donors (Lipinski definition) is 2. The number of rotatable bonds is 4. The first-order chi connectivity index (χ1) is 11.1. The van der Waals surface area contributed by atoms with E-state index < -0.39 is 11.8 Å². The molecule has 0 radical (unpaired) electrons. The van der Waals surface area contributed by atoms with Gasteiger partial charge in [-0.05, 0) is 36.4 Å². The number of nitrogens with zero attached hydrogens (tertiary/aromatic N) is 1. The van der Waals surface area contributed by atoms with E-state index in [4.69, 9.17) is 4.74 Å². The lowest BCUT2D eigenvalue weighted by molar-refractivity contribution is -0.117. The van der Waals surface area contributed by atoms with Crippen LogP contribution in [-0.2, 0) is 4.79 Å². The summed E-state index contributed by atoms with van der Waals surface area (Å²) >= 11 is 3.36. The number of pyridine rings is 1. The Bertz CT molecular complexity index is 733. The number of halogens is 1. The molecule has 0 aliphatic rings. The van der Waals surface area contributed by atoms with Crippen molar-refractivity contribution in [1.29, 1.82) is 0 Å². The minimum atomic E-state index is -0.468. The van der Waals surface area contributed by atoms with Crippen molar-refractivity contribution >= 4 is 33.8 Å². The Morgan fingerprint density at radius 3 is 2.78 bits per heavy atom. The predicted octanol–water partition coefficient (Wildman–Crippen LogP) is 2.33. The summed E-state index contributed by atoms with van der Waals surface area (Å²) in [6.07, 6.45) is 5.86. The molecule has 1 heterocycles. The van der Waals surface area contributed by atoms with Crippen molar-refractivity contribution < 1.29 is 14.3 Å². The number of carbonyl (C=O) groups is 2. The van der Waals surface area contributed by atoms with E-state index in [1.165, 1.54) is 12.3 Å². The van der Waals surface area contributed by atoms with Gasteiger partial charge in [-0.25, -0.2) is 0 Å². The van der Waals surface area contributed by atoms with Crippen LogP contribution in [0.5, 0.6) is 5.75 Å². The van der Waals surface area contributed by atoms with E-state index in [2.05, 4.69) is 31.8 Å². The maximum absolute atomic E-state index is 11.8. The Morgan fingerprint density at radius 2 is 2.09 bits per heavy atom. The quantitative estimate of drug-likeness (QED) is 0.634. The van der Waals surface area contributed by atoms with E-state index in [1.807, 2.05) is 12.1 Å². The highest BCUT2D eigenvalue weighted by atomic mass is 79.9. The lowest BCUT2D eigenvalue weighted by Gasteiger charge is -2.06. The standard InChI is InChI=1S/C16H14BrN3O3/c1-23-14-6-5-13(17)9-11(14)4-7-15(21)19-20-16(22)12-3-2-8-18-10-12/h2-10H,1H3,(H,19,21)(H,20,22)/b7-4+. The van der Waals surface area contributed by atoms with Crippen molar-refractivity contribution in [3.63, 3.8) is 0 Å². The van der Waals surface area contributed by atoms with E-state index in [0.29, 0.717) is 11.3 Å². The van der Waals surface area contributed by atoms with Gasteiger partial charge in [-0.15, -0.1) is 0 Å². The van der Waals surface area contributed by atoms with Gasteiger partial charge in [0.15, 0.2) is 0 Å². The molecule has 0 atom stereocenters. The molecule has 0 unspecified atom stereocenters. The molecule has 7 heteroatoms. The number of ether oxygens (including phenoxy) is 1. The summed E-state index contributed by atoms with van der Waals surface area (Å²) < 4.78 is 6.07. The van der Waals surface area contributed by atoms with Crippen molar-refractivity contribution in [2.24, 2.45) is 0 Å². The first-order valence-corrected chi connectivity index (χ1v) is 7.41. The molecule has 0 fully saturated rings. The molecule has 0 aliphatic heterocycles. The van der Waals surface area contributed by atoms with Crippen molar-refractivity contribution in [3.8, 4) is 5.75 Å². The van der Waals surface area contributed by atoms with E-state index in [-0.39, 0.29) is 0 Å². The lowest BCUT2D eigenvalue weighted by atomic mass is 10.2. The number of nitrogens with one attached hydrogen (secondary N) is 2. The SMILES string of the molecule is COc1ccc(Br)cc1/C=C/C(=O)NNC(=O)c1cccnc1. The summed E-state index contributed by atoms with van der Waals surface area (Å²) in [6.45, 7) is 0. The summed E-state index contributed by atoms with van der Waals surface area (Å²) in [5.74, 6) is -0.277. The molecule has 2 N–H and O–H groups in total. The van der Waals surface area contributed by atoms with Crippen LogP contribution in [0.4, 0.5) is 0 Å². The maximum atomic E-state index is 11.8. The maximum Gasteiger partial charge on any atom is 0.271 e. The number of aromatic nitrogens is 1. The molecular formula is C16H14BrN3O3. The number of amides is 2. The molecule has 0 aliphatic carbocycles. The van der Waals surface area contributed by atoms with Crippen LogP contribution in [0.2, 0.25) is 0 Å². The number of methoxy groups -OCH3 is 1. The van der Waals surface area contributed by atoms with E-state index in [9.17, 15) is 9.59 Å². The van der Waals surface area contributed by atoms with Crippen molar-refractivity contribution in [2.45, 2.75) is 0 Å². The molecule has 2 aromatic rings. The third-order valence-corrected chi connectivity index (χ3v) is 3.32. The summed E-state index contributed by atoms with van der Waals surface area (Å²) in [5.41, 5.74) is 5.69. The highest BCUT2D eigenvalue weighted by molar-refractivity contribution is 9.10. The topological polar surface area (TPSA) is 80.3 Å². The van der Waals surface area contributed by atoms with E-state index in [0.717, 1.165) is 10.0 Å². The summed E-state index contributed by atoms with van der Waals surface area (Å²) in [7, 11) is 1.55. The van der Waals surface area contributed by atoms with Crippen LogP contribution in [0.15, 0.2) is 53.3 Å². The van der Waals surface area contributed by atoms with Crippen molar-refractivity contribution in [2.75, 3.05) is 7.11 Å². The molecule has 2 rings (SSSR count). The van der Waals surface area contributed by atoms with Crippen LogP contribution in [0.3, 0.4) is 0 Å². The smallest absolute Gasteiger partial charge is 0.271 e. The van der Waals surface area contributed by atoms with Gasteiger partial charge in [-0.2, -0.15) is 0 Å². The zero-order chi connectivity index (χ0) is 16.7. The third kappa shape index (κ3) is 4.93. The molecule has 1 aromatic heterocycles. The molecule has 118 valence electrons. The molecule has 1 aromatic carbocycles. The highest BCUT2D eigenvalue weighted by Gasteiger charge is 2.06. The van der Waals surface area contributed by atoms with Crippen LogP contribution in [0, 0.1) is 0 Å². The first-order valence-electron chi connectivity index (χ1n) is 6.62. The van der Waals surface area contributed by atoms with Gasteiger partial charge in [-0.3, -0.25) is 25.4 Å². The molecule has 23 heavy (non-hydrogen) atoms. The molecule has 6 nitrogen and oxygen atoms in total. The van der Waals surface area contributed by atoms with E-state index >= 15 is 0 Å². The fourth-order valence-corrected chi connectivity index (χ4v) is 2.11. The minimum absolute atomic E-state index is 0.352. The normalized spacial score (nSPS) is 10.3. The summed E-state index contributed by atoms with van der Waals surface area (Å²) in [5, 5.41) is 0. The largest absolute Gasteiger partial charge is 0.496 e. The zero-order valence-corrected chi connectivity index (χ0v) is 13.8. The van der Waals surface area contributed by atoms with E-state index in [1.54, 1.807) is 37.6 Å². The van der Waals surface area contributed by atoms with Crippen molar-refractivity contribution in [1.82, 2.24) is 15.8 Å². The van der Waals surface area contributed by atoms with Gasteiger partial charge in [-0.1, -0.05) is 15.9 Å². The second kappa shape index (κ2) is 8.09. The second-order valence-corrected chi connectivity index (χ2v) is 5.32. The van der Waals surface area contributed by atoms with Gasteiger partial charge in [0, 0.05) is 28.5 Å². The second-order valence-electron chi connectivity index (χ2n) is 4.40. The fraction of sp³-hybridized carbons (Fsp3) is 0.0625. The Morgan fingerprint density at radius 1 is 1.26 bits per heavy atom. The van der Waals surface area contributed by atoms with Crippen LogP contribution >= 0.6 is 15.9 Å². The Kier molecular flexibility index (Phi) is 5.87. The predicted molar refractivity (Wildman–Crippen MR) is 89.6 cm³/mol. The zero-order valence-electron chi connectivity index (χ0n) is 12.2. The highest BCUT2D eigenvalue weighted by Crippen LogP contribution is 2.23. The summed E-state index contributed by atoms with van der Waals surface area (Å²) in [6, 6.07) is 8.67. The molecule has 0 saturated heterocycles.